The molecule has 0 aromatic heterocycles. The van der Waals surface area contributed by atoms with E-state index in [9.17, 15) is 18.0 Å². The van der Waals surface area contributed by atoms with Crippen LogP contribution in [0.3, 0.4) is 0 Å². The van der Waals surface area contributed by atoms with Gasteiger partial charge in [0.15, 0.2) is 0 Å². The van der Waals surface area contributed by atoms with Crippen molar-refractivity contribution in [3.05, 3.63) is 65.2 Å². The lowest BCUT2D eigenvalue weighted by atomic mass is 10.1. The van der Waals surface area contributed by atoms with E-state index in [1.165, 1.54) is 0 Å². The number of hydrogen-bond acceptors (Lipinski definition) is 5. The fourth-order valence-electron chi connectivity index (χ4n) is 3.11. The molecule has 0 bridgehead atoms. The van der Waals surface area contributed by atoms with E-state index >= 15 is 0 Å². The minimum Gasteiger partial charge on any atom is -0.352 e. The first-order chi connectivity index (χ1) is 14.9. The number of aliphatic imine (C=N–C) groups is 1. The molecule has 0 saturated heterocycles. The third-order valence-electron chi connectivity index (χ3n) is 4.82. The van der Waals surface area contributed by atoms with E-state index in [0.717, 1.165) is 5.56 Å². The highest BCUT2D eigenvalue weighted by Gasteiger charge is 2.19. The van der Waals surface area contributed by atoms with Gasteiger partial charge in [-0.05, 0) is 44.0 Å². The lowest BCUT2D eigenvalue weighted by Crippen LogP contribution is -2.35. The predicted molar refractivity (Wildman–Crippen MR) is 119 cm³/mol. The lowest BCUT2D eigenvalue weighted by molar-refractivity contribution is 0.0919. The topological polar surface area (TPSA) is 117 Å². The van der Waals surface area contributed by atoms with Gasteiger partial charge in [-0.2, -0.15) is 0 Å². The van der Waals surface area contributed by atoms with Crippen molar-refractivity contribution >= 4 is 27.7 Å². The van der Waals surface area contributed by atoms with Crippen molar-refractivity contribution in [3.8, 4) is 0 Å². The molecule has 2 amide bonds. The molecule has 9 heteroatoms. The molecule has 2 aromatic rings. The third kappa shape index (κ3) is 6.14. The summed E-state index contributed by atoms with van der Waals surface area (Å²) in [6.07, 6.45) is 1.58. The quantitative estimate of drug-likeness (QED) is 0.660. The van der Waals surface area contributed by atoms with Crippen LogP contribution in [0.4, 0.5) is 0 Å². The summed E-state index contributed by atoms with van der Waals surface area (Å²) in [6.45, 7) is 2.90. The minimum atomic E-state index is -3.78. The Balaban J connectivity index is 1.76. The van der Waals surface area contributed by atoms with Gasteiger partial charge in [0.1, 0.15) is 5.84 Å². The van der Waals surface area contributed by atoms with E-state index in [4.69, 9.17) is 0 Å². The van der Waals surface area contributed by atoms with Crippen molar-refractivity contribution in [3.63, 3.8) is 0 Å². The molecular weight excluding hydrogens is 416 g/mol. The summed E-state index contributed by atoms with van der Waals surface area (Å²) in [5.41, 5.74) is 1.55. The number of sulfonamides is 1. The zero-order valence-corrected chi connectivity index (χ0v) is 18.2. The van der Waals surface area contributed by atoms with Gasteiger partial charge in [-0.1, -0.05) is 29.8 Å². The molecule has 2 aromatic carbocycles. The molecule has 0 spiro atoms. The highest BCUT2D eigenvalue weighted by Crippen LogP contribution is 2.11. The zero-order chi connectivity index (χ0) is 22.3. The Morgan fingerprint density at radius 3 is 2.13 bits per heavy atom. The summed E-state index contributed by atoms with van der Waals surface area (Å²) in [5.74, 6) is -0.406. The molecule has 0 atom stereocenters. The fraction of sp³-hybridized carbons (Fsp3) is 0.318. The first-order valence-electron chi connectivity index (χ1n) is 10.1. The molecule has 0 fully saturated rings. The van der Waals surface area contributed by atoms with Crippen molar-refractivity contribution in [2.24, 2.45) is 4.99 Å². The van der Waals surface area contributed by atoms with E-state index in [1.807, 2.05) is 6.92 Å². The van der Waals surface area contributed by atoms with E-state index in [0.29, 0.717) is 31.5 Å². The van der Waals surface area contributed by atoms with E-state index < -0.39 is 15.9 Å². The molecule has 3 rings (SSSR count). The maximum Gasteiger partial charge on any atom is 0.262 e. The van der Waals surface area contributed by atoms with Gasteiger partial charge in [-0.15, -0.1) is 0 Å². The van der Waals surface area contributed by atoms with Crippen molar-refractivity contribution < 1.29 is 18.0 Å². The van der Waals surface area contributed by atoms with Crippen molar-refractivity contribution in [2.75, 3.05) is 19.6 Å². The van der Waals surface area contributed by atoms with Crippen LogP contribution in [-0.4, -0.2) is 45.7 Å². The Labute approximate surface area is 182 Å². The monoisotopic (exact) mass is 442 g/mol. The first-order valence-corrected chi connectivity index (χ1v) is 11.6. The van der Waals surface area contributed by atoms with Crippen LogP contribution in [0.2, 0.25) is 0 Å². The second-order valence-corrected chi connectivity index (χ2v) is 8.94. The lowest BCUT2D eigenvalue weighted by Gasteiger charge is -2.14. The zero-order valence-electron chi connectivity index (χ0n) is 17.3. The Kier molecular flexibility index (Phi) is 7.41. The van der Waals surface area contributed by atoms with Gasteiger partial charge in [0.25, 0.3) is 21.8 Å². The summed E-state index contributed by atoms with van der Waals surface area (Å²) in [4.78, 5) is 29.5. The van der Waals surface area contributed by atoms with Gasteiger partial charge >= 0.3 is 0 Å². The molecule has 0 saturated carbocycles. The van der Waals surface area contributed by atoms with Gasteiger partial charge < -0.3 is 10.6 Å². The van der Waals surface area contributed by atoms with Gasteiger partial charge in [0, 0.05) is 26.1 Å². The maximum atomic E-state index is 12.7. The number of nitrogens with one attached hydrogen (secondary N) is 3. The molecule has 0 aliphatic carbocycles. The average Bonchev–Trinajstić information content (AvgIpc) is 2.75. The van der Waals surface area contributed by atoms with Gasteiger partial charge in [0.2, 0.25) is 0 Å². The molecule has 1 aliphatic heterocycles. The van der Waals surface area contributed by atoms with Gasteiger partial charge in [-0.3, -0.25) is 19.3 Å². The summed E-state index contributed by atoms with van der Waals surface area (Å²) < 4.78 is 28.0. The van der Waals surface area contributed by atoms with E-state index in [-0.39, 0.29) is 35.2 Å². The number of fused-ring (bicyclic) bond motifs is 1. The average molecular weight is 443 g/mol. The molecule has 0 radical (unpaired) electrons. The van der Waals surface area contributed by atoms with Crippen molar-refractivity contribution in [1.29, 1.82) is 0 Å². The summed E-state index contributed by atoms with van der Waals surface area (Å²) in [6, 6.07) is 13.2. The highest BCUT2D eigenvalue weighted by atomic mass is 32.2. The molecule has 8 nitrogen and oxygen atoms in total. The van der Waals surface area contributed by atoms with Gasteiger partial charge in [-0.25, -0.2) is 8.42 Å². The SMILES string of the molecule is Cc1ccc(S(=O)(=O)NC2=NCCCCNC(=O)c3ccccc3C(=O)NCC2)cc1. The van der Waals surface area contributed by atoms with Crippen LogP contribution >= 0.6 is 0 Å². The Morgan fingerprint density at radius 1 is 0.871 bits per heavy atom. The van der Waals surface area contributed by atoms with Crippen LogP contribution in [0.5, 0.6) is 0 Å². The van der Waals surface area contributed by atoms with Crippen LogP contribution in [0.1, 0.15) is 45.5 Å². The number of rotatable bonds is 2. The van der Waals surface area contributed by atoms with Crippen LogP contribution < -0.4 is 15.4 Å². The normalized spacial score (nSPS) is 16.2. The first kappa shape index (κ1) is 22.5. The van der Waals surface area contributed by atoms with Crippen LogP contribution in [0.25, 0.3) is 0 Å². The molecular formula is C22H26N4O4S. The number of aryl methyl sites for hydroxylation is 1. The summed E-state index contributed by atoms with van der Waals surface area (Å²) in [7, 11) is -3.78. The molecule has 0 unspecified atom stereocenters. The standard InChI is InChI=1S/C22H26N4O4S/c1-16-8-10-17(11-9-16)31(29,30)26-20-12-15-25-22(28)19-7-3-2-6-18(19)21(27)24-14-5-4-13-23-20/h2-3,6-11H,4-5,12-15H2,1H3,(H,23,26)(H,24,27)(H,25,28). The van der Waals surface area contributed by atoms with Crippen molar-refractivity contribution in [1.82, 2.24) is 15.4 Å². The van der Waals surface area contributed by atoms with Gasteiger partial charge in [0.05, 0.1) is 16.0 Å². The number of carbonyl (C=O) groups is 2. The number of carbonyl (C=O) groups excluding carboxylic acids is 2. The summed E-state index contributed by atoms with van der Waals surface area (Å²) >= 11 is 0. The second-order valence-electron chi connectivity index (χ2n) is 7.26. The Morgan fingerprint density at radius 2 is 1.48 bits per heavy atom. The second kappa shape index (κ2) is 10.2. The fourth-order valence-corrected chi connectivity index (χ4v) is 4.20. The molecule has 3 N–H and O–H groups in total. The smallest absolute Gasteiger partial charge is 0.262 e. The molecule has 31 heavy (non-hydrogen) atoms. The van der Waals surface area contributed by atoms with Crippen LogP contribution in [0.15, 0.2) is 58.4 Å². The number of amidine groups is 1. The largest absolute Gasteiger partial charge is 0.352 e. The van der Waals surface area contributed by atoms with E-state index in [1.54, 1.807) is 48.5 Å². The number of benzene rings is 2. The number of amides is 2. The van der Waals surface area contributed by atoms with E-state index in [2.05, 4.69) is 20.3 Å². The predicted octanol–water partition coefficient (Wildman–Crippen LogP) is 2.02. The molecule has 164 valence electrons. The molecule has 1 aliphatic rings. The maximum absolute atomic E-state index is 12.7. The molecule has 1 heterocycles. The number of hydrogen-bond donors (Lipinski definition) is 3. The third-order valence-corrected chi connectivity index (χ3v) is 6.22. The minimum absolute atomic E-state index is 0.154. The highest BCUT2D eigenvalue weighted by molar-refractivity contribution is 7.90. The van der Waals surface area contributed by atoms with Crippen LogP contribution in [0, 0.1) is 6.92 Å². The Bertz CT molecular complexity index is 1080. The van der Waals surface area contributed by atoms with Crippen molar-refractivity contribution in [2.45, 2.75) is 31.1 Å². The van der Waals surface area contributed by atoms with Crippen LogP contribution in [-0.2, 0) is 10.0 Å². The Hall–Kier alpha value is -3.20. The number of nitrogens with zero attached hydrogens (tertiary/aromatic N) is 1. The summed E-state index contributed by atoms with van der Waals surface area (Å²) in [5, 5.41) is 5.55.